The van der Waals surface area contributed by atoms with Crippen LogP contribution in [0.2, 0.25) is 0 Å². The number of carbonyl (C=O) groups is 3. The number of nitrogens with one attached hydrogen (secondary N) is 2. The van der Waals surface area contributed by atoms with E-state index in [9.17, 15) is 24.8 Å². The highest BCUT2D eigenvalue weighted by molar-refractivity contribution is 7.13. The van der Waals surface area contributed by atoms with Crippen molar-refractivity contribution in [2.45, 2.75) is 91.0 Å². The smallest absolute Gasteiger partial charge is 0.255 e. The maximum absolute atomic E-state index is 14.4. The molecule has 7 aromatic rings. The number of aryl methyl sites for hydroxylation is 1. The number of anilines is 2. The molecule has 2 amide bonds. The molecule has 5 aromatic carbocycles. The van der Waals surface area contributed by atoms with E-state index in [-0.39, 0.29) is 42.9 Å². The van der Waals surface area contributed by atoms with Crippen LogP contribution >= 0.6 is 11.3 Å². The Kier molecular flexibility index (Phi) is 21.0. The number of ether oxygens (including phenoxy) is 5. The zero-order valence-electron chi connectivity index (χ0n) is 49.7. The van der Waals surface area contributed by atoms with Crippen molar-refractivity contribution in [1.29, 1.82) is 5.26 Å². The van der Waals surface area contributed by atoms with E-state index in [4.69, 9.17) is 23.7 Å². The van der Waals surface area contributed by atoms with Crippen molar-refractivity contribution >= 4 is 51.2 Å². The molecule has 1 saturated carbocycles. The lowest BCUT2D eigenvalue weighted by Gasteiger charge is -2.34. The zero-order chi connectivity index (χ0) is 59.9. The second kappa shape index (κ2) is 29.5. The van der Waals surface area contributed by atoms with Crippen molar-refractivity contribution in [3.63, 3.8) is 0 Å². The second-order valence-corrected chi connectivity index (χ2v) is 23.7. The summed E-state index contributed by atoms with van der Waals surface area (Å²) in [6, 6.07) is 35.9. The summed E-state index contributed by atoms with van der Waals surface area (Å²) >= 11 is 1.56. The summed E-state index contributed by atoms with van der Waals surface area (Å²) in [6.07, 6.45) is 6.35. The molecule has 1 saturated heterocycles. The topological polar surface area (TPSA) is 201 Å². The molecule has 18 heteroatoms. The summed E-state index contributed by atoms with van der Waals surface area (Å²) in [5.41, 5.74) is 8.53. The Morgan fingerprint density at radius 3 is 2.23 bits per heavy atom. The number of ketones is 1. The largest absolute Gasteiger partial charge is 0.493 e. The fourth-order valence-electron chi connectivity index (χ4n) is 12.0. The number of aromatic nitrogens is 2. The monoisotopic (exact) mass is 1180 g/mol. The Bertz CT molecular complexity index is 3470. The van der Waals surface area contributed by atoms with Gasteiger partial charge in [0.15, 0.2) is 17.3 Å². The quantitative estimate of drug-likeness (QED) is 0.0374. The molecule has 0 bridgehead atoms. The van der Waals surface area contributed by atoms with Gasteiger partial charge in [0, 0.05) is 92.8 Å². The van der Waals surface area contributed by atoms with Gasteiger partial charge in [0.25, 0.3) is 5.91 Å². The minimum Gasteiger partial charge on any atom is -0.493 e. The number of carbonyl (C=O) groups excluding carboxylic acids is 3. The third kappa shape index (κ3) is 15.2. The highest BCUT2D eigenvalue weighted by Gasteiger charge is 2.48. The normalized spacial score (nSPS) is 17.3. The third-order valence-electron chi connectivity index (χ3n) is 16.6. The van der Waals surface area contributed by atoms with Crippen LogP contribution in [-0.2, 0) is 27.4 Å². The van der Waals surface area contributed by atoms with Gasteiger partial charge >= 0.3 is 0 Å². The summed E-state index contributed by atoms with van der Waals surface area (Å²) in [7, 11) is 1.62. The lowest BCUT2D eigenvalue weighted by Crippen LogP contribution is -2.49. The summed E-state index contributed by atoms with van der Waals surface area (Å²) in [5, 5.41) is 28.1. The van der Waals surface area contributed by atoms with Crippen molar-refractivity contribution in [1.82, 2.24) is 30.0 Å². The van der Waals surface area contributed by atoms with E-state index in [1.54, 1.807) is 35.6 Å². The number of hydrogen-bond acceptors (Lipinski definition) is 16. The predicted molar refractivity (Wildman–Crippen MR) is 333 cm³/mol. The number of rotatable bonds is 29. The number of thiazole rings is 1. The van der Waals surface area contributed by atoms with Crippen LogP contribution in [0.3, 0.4) is 0 Å². The molecule has 0 spiro atoms. The molecule has 2 aliphatic heterocycles. The number of aliphatic hydroxyl groups excluding tert-OH is 1. The molecule has 1 unspecified atom stereocenters. The fourth-order valence-corrected chi connectivity index (χ4v) is 12.8. The van der Waals surface area contributed by atoms with E-state index < -0.39 is 24.0 Å². The molecule has 4 heterocycles. The number of para-hydroxylation sites is 1. The first-order valence-electron chi connectivity index (χ1n) is 30.1. The maximum atomic E-state index is 14.4. The number of nitriles is 1. The molecule has 4 atom stereocenters. The number of Topliss-reactive ketones (excluding diaryl/α,β-unsaturated/α-hetero) is 1. The average molecular weight is 1180 g/mol. The number of amides is 2. The van der Waals surface area contributed by atoms with Gasteiger partial charge in [-0.3, -0.25) is 19.4 Å². The Morgan fingerprint density at radius 1 is 0.779 bits per heavy atom. The third-order valence-corrected chi connectivity index (χ3v) is 17.6. The average Bonchev–Trinajstić information content (AvgIpc) is 2.06. The van der Waals surface area contributed by atoms with Crippen molar-refractivity contribution in [2.75, 3.05) is 78.1 Å². The molecule has 10 rings (SSSR count). The summed E-state index contributed by atoms with van der Waals surface area (Å²) in [4.78, 5) is 58.7. The van der Waals surface area contributed by atoms with Gasteiger partial charge < -0.3 is 54.1 Å². The van der Waals surface area contributed by atoms with Crippen LogP contribution in [0.1, 0.15) is 91.5 Å². The van der Waals surface area contributed by atoms with Gasteiger partial charge in [-0.2, -0.15) is 5.26 Å². The Balaban J connectivity index is 0.615. The molecule has 2 fully saturated rings. The molecule has 3 N–H and O–H groups in total. The number of hydrogen-bond donors (Lipinski definition) is 3. The van der Waals surface area contributed by atoms with Crippen LogP contribution in [0.25, 0.3) is 21.3 Å². The van der Waals surface area contributed by atoms with Gasteiger partial charge in [0.1, 0.15) is 29.9 Å². The molecular weight excluding hydrogens is 1100 g/mol. The summed E-state index contributed by atoms with van der Waals surface area (Å²) in [5.74, 6) is 0.992. The van der Waals surface area contributed by atoms with E-state index in [1.165, 1.54) is 0 Å². The van der Waals surface area contributed by atoms with Crippen LogP contribution in [0, 0.1) is 36.0 Å². The van der Waals surface area contributed by atoms with Gasteiger partial charge in [-0.15, -0.1) is 11.3 Å². The molecule has 0 radical (unpaired) electrons. The van der Waals surface area contributed by atoms with Crippen molar-refractivity contribution in [3.8, 4) is 45.3 Å². The molecular formula is C68H78N8O9S. The number of unbranched alkanes of at least 4 members (excludes halogenated alkanes) is 3. The number of nitrogens with zero attached hydrogens (tertiary/aromatic N) is 6. The van der Waals surface area contributed by atoms with Crippen LogP contribution in [0.4, 0.5) is 11.4 Å². The van der Waals surface area contributed by atoms with Gasteiger partial charge in [-0.1, -0.05) is 75.2 Å². The first-order chi connectivity index (χ1) is 41.9. The molecule has 450 valence electrons. The SMILES string of the molecule is COc1cc2c(Nc3ccc(Oc4ccccc4)cc3)c(C#N)cnc2cc1OCCCN1CCN(CCCCCCOCCOc2cc(-c3scnc3C)ccc2CNC(=O)[C@@H]2C[C@@H](O)CC2C(=O)[C@H](C(C)C)N2Cc3ccccc3C2=O)CC1. The minimum atomic E-state index is -0.797. The number of aliphatic hydroxyl groups is 1. The van der Waals surface area contributed by atoms with Crippen LogP contribution < -0.4 is 29.6 Å². The number of fused-ring (bicyclic) bond motifs is 2. The van der Waals surface area contributed by atoms with E-state index in [2.05, 4.69) is 36.5 Å². The lowest BCUT2D eigenvalue weighted by atomic mass is 9.83. The van der Waals surface area contributed by atoms with Crippen LogP contribution in [0.15, 0.2) is 121 Å². The Labute approximate surface area is 508 Å². The van der Waals surface area contributed by atoms with Crippen molar-refractivity contribution in [3.05, 3.63) is 149 Å². The minimum absolute atomic E-state index is 0.172. The Hall–Kier alpha value is -7.92. The van der Waals surface area contributed by atoms with E-state index in [1.807, 2.05) is 129 Å². The molecule has 17 nitrogen and oxygen atoms in total. The first-order valence-corrected chi connectivity index (χ1v) is 31.0. The van der Waals surface area contributed by atoms with E-state index >= 15 is 0 Å². The van der Waals surface area contributed by atoms with Crippen molar-refractivity contribution in [2.24, 2.45) is 17.8 Å². The number of pyridine rings is 1. The first kappa shape index (κ1) is 61.2. The lowest BCUT2D eigenvalue weighted by molar-refractivity contribution is -0.136. The molecule has 1 aliphatic carbocycles. The summed E-state index contributed by atoms with van der Waals surface area (Å²) < 4.78 is 30.4. The standard InChI is InChI=1S/C68H78N8O9S/c1-45(2)64(76-43-49-15-10-11-18-55(49)68(76)80)65(78)56-36-52(77)37-57(56)67(79)71-41-48-20-19-47(66-46(3)72-44-86-66)35-60(48)84-34-33-82-31-13-6-5-12-25-74-27-29-75(30-28-74)26-14-32-83-62-39-59-58(38-61(62)81-4)63(50(40-69)42-70-59)73-51-21-23-54(24-22-51)85-53-16-8-7-9-17-53/h7-11,15-24,35,38-39,42,44-45,52,56-57,64,77H,5-6,12-14,25-34,36-37,41,43H2,1-4H3,(H,70,73)(H,71,79)/t52-,56?,57+,64-/m0/s1. The Morgan fingerprint density at radius 2 is 1.50 bits per heavy atom. The number of methoxy groups -OCH3 is 1. The summed E-state index contributed by atoms with van der Waals surface area (Å²) in [6.45, 7) is 14.4. The molecule has 86 heavy (non-hydrogen) atoms. The van der Waals surface area contributed by atoms with Crippen molar-refractivity contribution < 1.29 is 43.2 Å². The van der Waals surface area contributed by atoms with Crippen LogP contribution in [-0.4, -0.2) is 132 Å². The van der Waals surface area contributed by atoms with Gasteiger partial charge in [0.2, 0.25) is 5.91 Å². The predicted octanol–water partition coefficient (Wildman–Crippen LogP) is 11.4. The highest BCUT2D eigenvalue weighted by Crippen LogP contribution is 2.40. The van der Waals surface area contributed by atoms with E-state index in [0.29, 0.717) is 78.3 Å². The fraction of sp³-hybridized carbons (Fsp3) is 0.412. The van der Waals surface area contributed by atoms with E-state index in [0.717, 1.165) is 115 Å². The number of benzene rings is 5. The molecule has 3 aliphatic rings. The van der Waals surface area contributed by atoms with Crippen LogP contribution in [0.5, 0.6) is 28.7 Å². The van der Waals surface area contributed by atoms with Gasteiger partial charge in [0.05, 0.1) is 71.2 Å². The zero-order valence-corrected chi connectivity index (χ0v) is 50.5. The van der Waals surface area contributed by atoms with Gasteiger partial charge in [-0.05, 0) is 117 Å². The maximum Gasteiger partial charge on any atom is 0.255 e. The highest BCUT2D eigenvalue weighted by atomic mass is 32.1. The molecule has 2 aromatic heterocycles. The second-order valence-electron chi connectivity index (χ2n) is 22.8. The number of piperazine rings is 1. The van der Waals surface area contributed by atoms with Gasteiger partial charge in [-0.25, -0.2) is 4.98 Å².